The fraction of sp³-hybridized carbons (Fsp3) is 0.412. The fourth-order valence-electron chi connectivity index (χ4n) is 2.46. The lowest BCUT2D eigenvalue weighted by molar-refractivity contribution is 0.871. The van der Waals surface area contributed by atoms with Crippen LogP contribution in [0.4, 0.5) is 17.5 Å². The highest BCUT2D eigenvalue weighted by atomic mass is 15.2. The molecule has 0 atom stereocenters. The highest BCUT2D eigenvalue weighted by Crippen LogP contribution is 2.25. The van der Waals surface area contributed by atoms with Crippen LogP contribution >= 0.6 is 0 Å². The van der Waals surface area contributed by atoms with Gasteiger partial charge < -0.3 is 10.6 Å². The second kappa shape index (κ2) is 6.12. The highest BCUT2D eigenvalue weighted by molar-refractivity contribution is 5.66. The maximum Gasteiger partial charge on any atom is 0.225 e. The number of aryl methyl sites for hydroxylation is 4. The van der Waals surface area contributed by atoms with Gasteiger partial charge in [-0.3, -0.25) is 0 Å². The quantitative estimate of drug-likeness (QED) is 0.880. The molecule has 0 amide bonds. The van der Waals surface area contributed by atoms with Crippen LogP contribution in [0.5, 0.6) is 0 Å². The molecule has 112 valence electrons. The number of hydrogen-bond acceptors (Lipinski definition) is 4. The third-order valence-corrected chi connectivity index (χ3v) is 3.20. The fourth-order valence-corrected chi connectivity index (χ4v) is 2.46. The minimum Gasteiger partial charge on any atom is -0.352 e. The average Bonchev–Trinajstić information content (AvgIpc) is 2.32. The number of aromatic nitrogens is 2. The van der Waals surface area contributed by atoms with Gasteiger partial charge in [0, 0.05) is 23.5 Å². The largest absolute Gasteiger partial charge is 0.352 e. The molecular weight excluding hydrogens is 260 g/mol. The van der Waals surface area contributed by atoms with E-state index in [1.807, 2.05) is 13.0 Å². The van der Waals surface area contributed by atoms with Crippen molar-refractivity contribution in [2.75, 3.05) is 10.6 Å². The van der Waals surface area contributed by atoms with Gasteiger partial charge in [0.2, 0.25) is 5.95 Å². The summed E-state index contributed by atoms with van der Waals surface area (Å²) in [7, 11) is 0. The normalized spacial score (nSPS) is 10.8. The second-order valence-corrected chi connectivity index (χ2v) is 5.92. The van der Waals surface area contributed by atoms with E-state index in [4.69, 9.17) is 0 Å². The van der Waals surface area contributed by atoms with Gasteiger partial charge in [-0.05, 0) is 52.7 Å². The summed E-state index contributed by atoms with van der Waals surface area (Å²) in [4.78, 5) is 8.95. The summed E-state index contributed by atoms with van der Waals surface area (Å²) in [5.74, 6) is 1.48. The molecule has 0 saturated heterocycles. The number of anilines is 3. The summed E-state index contributed by atoms with van der Waals surface area (Å²) in [6.07, 6.45) is 0. The molecule has 1 aromatic heterocycles. The van der Waals surface area contributed by atoms with Crippen LogP contribution in [-0.4, -0.2) is 16.0 Å². The van der Waals surface area contributed by atoms with Crippen LogP contribution in [0, 0.1) is 27.7 Å². The van der Waals surface area contributed by atoms with Crippen molar-refractivity contribution in [3.8, 4) is 0 Å². The molecule has 0 aliphatic heterocycles. The van der Waals surface area contributed by atoms with Crippen molar-refractivity contribution in [2.24, 2.45) is 0 Å². The predicted octanol–water partition coefficient (Wildman–Crippen LogP) is 4.27. The highest BCUT2D eigenvalue weighted by Gasteiger charge is 2.08. The van der Waals surface area contributed by atoms with Crippen LogP contribution in [0.3, 0.4) is 0 Å². The number of nitrogens with zero attached hydrogens (tertiary/aromatic N) is 2. The molecule has 2 N–H and O–H groups in total. The second-order valence-electron chi connectivity index (χ2n) is 5.92. The standard InChI is InChI=1S/C17H24N4/c1-10(2)18-17-19-14(6)9-15(21-17)20-16-12(4)7-11(3)8-13(16)5/h7-10H,1-6H3,(H2,18,19,20,21). The van der Waals surface area contributed by atoms with E-state index in [-0.39, 0.29) is 0 Å². The molecule has 0 fully saturated rings. The van der Waals surface area contributed by atoms with Crippen molar-refractivity contribution in [2.45, 2.75) is 47.6 Å². The van der Waals surface area contributed by atoms with Gasteiger partial charge in [0.1, 0.15) is 5.82 Å². The van der Waals surface area contributed by atoms with Gasteiger partial charge in [-0.25, -0.2) is 4.98 Å². The lowest BCUT2D eigenvalue weighted by Gasteiger charge is -2.15. The van der Waals surface area contributed by atoms with Gasteiger partial charge in [-0.2, -0.15) is 4.98 Å². The summed E-state index contributed by atoms with van der Waals surface area (Å²) in [6, 6.07) is 6.62. The van der Waals surface area contributed by atoms with E-state index in [1.165, 1.54) is 16.7 Å². The first-order chi connectivity index (χ1) is 9.85. The molecule has 0 bridgehead atoms. The zero-order chi connectivity index (χ0) is 15.6. The number of rotatable bonds is 4. The first kappa shape index (κ1) is 15.3. The van der Waals surface area contributed by atoms with Gasteiger partial charge in [0.15, 0.2) is 0 Å². The zero-order valence-corrected chi connectivity index (χ0v) is 13.7. The summed E-state index contributed by atoms with van der Waals surface area (Å²) < 4.78 is 0. The maximum atomic E-state index is 4.54. The van der Waals surface area contributed by atoms with E-state index in [9.17, 15) is 0 Å². The van der Waals surface area contributed by atoms with E-state index in [1.54, 1.807) is 0 Å². The molecule has 21 heavy (non-hydrogen) atoms. The van der Waals surface area contributed by atoms with Crippen molar-refractivity contribution in [3.05, 3.63) is 40.6 Å². The summed E-state index contributed by atoms with van der Waals surface area (Å²) in [5.41, 5.74) is 5.79. The SMILES string of the molecule is Cc1cc(C)c(Nc2cc(C)nc(NC(C)C)n2)c(C)c1. The summed E-state index contributed by atoms with van der Waals surface area (Å²) >= 11 is 0. The predicted molar refractivity (Wildman–Crippen MR) is 89.5 cm³/mol. The Morgan fingerprint density at radius 2 is 1.52 bits per heavy atom. The molecular formula is C17H24N4. The maximum absolute atomic E-state index is 4.54. The Morgan fingerprint density at radius 1 is 0.905 bits per heavy atom. The topological polar surface area (TPSA) is 49.8 Å². The molecule has 1 aromatic carbocycles. The Labute approximate surface area is 127 Å². The average molecular weight is 284 g/mol. The molecule has 2 aromatic rings. The third kappa shape index (κ3) is 3.94. The van der Waals surface area contributed by atoms with Crippen molar-refractivity contribution in [1.82, 2.24) is 9.97 Å². The monoisotopic (exact) mass is 284 g/mol. The third-order valence-electron chi connectivity index (χ3n) is 3.20. The van der Waals surface area contributed by atoms with Crippen molar-refractivity contribution in [1.29, 1.82) is 0 Å². The minimum atomic E-state index is 0.308. The Hall–Kier alpha value is -2.10. The number of benzene rings is 1. The van der Waals surface area contributed by atoms with Crippen molar-refractivity contribution >= 4 is 17.5 Å². The van der Waals surface area contributed by atoms with Gasteiger partial charge in [0.05, 0.1) is 0 Å². The van der Waals surface area contributed by atoms with Gasteiger partial charge >= 0.3 is 0 Å². The van der Waals surface area contributed by atoms with Crippen LogP contribution in [0.15, 0.2) is 18.2 Å². The Morgan fingerprint density at radius 3 is 2.10 bits per heavy atom. The molecule has 4 nitrogen and oxygen atoms in total. The molecule has 4 heteroatoms. The minimum absolute atomic E-state index is 0.308. The first-order valence-corrected chi connectivity index (χ1v) is 7.32. The van der Waals surface area contributed by atoms with Gasteiger partial charge in [-0.15, -0.1) is 0 Å². The van der Waals surface area contributed by atoms with Crippen LogP contribution in [0.1, 0.15) is 36.2 Å². The van der Waals surface area contributed by atoms with Crippen LogP contribution in [0.25, 0.3) is 0 Å². The van der Waals surface area contributed by atoms with Crippen LogP contribution in [0.2, 0.25) is 0 Å². The van der Waals surface area contributed by atoms with E-state index < -0.39 is 0 Å². The van der Waals surface area contributed by atoms with Crippen molar-refractivity contribution in [3.63, 3.8) is 0 Å². The molecule has 0 saturated carbocycles. The molecule has 0 radical (unpaired) electrons. The van der Waals surface area contributed by atoms with Crippen LogP contribution < -0.4 is 10.6 Å². The lowest BCUT2D eigenvalue weighted by atomic mass is 10.1. The smallest absolute Gasteiger partial charge is 0.225 e. The number of hydrogen-bond donors (Lipinski definition) is 2. The van der Waals surface area contributed by atoms with Gasteiger partial charge in [-0.1, -0.05) is 17.7 Å². The summed E-state index contributed by atoms with van der Waals surface area (Å²) in [6.45, 7) is 12.5. The molecule has 0 aliphatic rings. The Balaban J connectivity index is 2.33. The Kier molecular flexibility index (Phi) is 4.46. The van der Waals surface area contributed by atoms with Gasteiger partial charge in [0.25, 0.3) is 0 Å². The lowest BCUT2D eigenvalue weighted by Crippen LogP contribution is -2.13. The first-order valence-electron chi connectivity index (χ1n) is 7.32. The molecule has 2 rings (SSSR count). The van der Waals surface area contributed by atoms with Crippen molar-refractivity contribution < 1.29 is 0 Å². The molecule has 0 spiro atoms. The molecule has 0 aliphatic carbocycles. The molecule has 1 heterocycles. The Bertz CT molecular complexity index is 624. The molecule has 0 unspecified atom stereocenters. The number of nitrogens with one attached hydrogen (secondary N) is 2. The van der Waals surface area contributed by atoms with E-state index in [2.05, 4.69) is 67.4 Å². The van der Waals surface area contributed by atoms with E-state index >= 15 is 0 Å². The zero-order valence-electron chi connectivity index (χ0n) is 13.7. The van der Waals surface area contributed by atoms with E-state index in [0.717, 1.165) is 17.2 Å². The van der Waals surface area contributed by atoms with Crippen LogP contribution in [-0.2, 0) is 0 Å². The summed E-state index contributed by atoms with van der Waals surface area (Å²) in [5, 5.41) is 6.68. The van der Waals surface area contributed by atoms with E-state index in [0.29, 0.717) is 12.0 Å².